The lowest BCUT2D eigenvalue weighted by Gasteiger charge is -2.45. The van der Waals surface area contributed by atoms with Crippen LogP contribution in [0.1, 0.15) is 106 Å². The Bertz CT molecular complexity index is 2390. The van der Waals surface area contributed by atoms with Crippen molar-refractivity contribution in [2.75, 3.05) is 37.6 Å². The number of aromatic nitrogens is 4. The van der Waals surface area contributed by atoms with E-state index >= 15 is 8.78 Å². The van der Waals surface area contributed by atoms with Crippen molar-refractivity contribution in [3.8, 4) is 32.6 Å². The molecule has 72 heavy (non-hydrogen) atoms. The van der Waals surface area contributed by atoms with Gasteiger partial charge in [0.15, 0.2) is 23.6 Å². The highest BCUT2D eigenvalue weighted by Crippen LogP contribution is 2.49. The van der Waals surface area contributed by atoms with Gasteiger partial charge in [0.2, 0.25) is 10.3 Å². The molecule has 22 heteroatoms. The van der Waals surface area contributed by atoms with Crippen molar-refractivity contribution in [3.05, 3.63) is 46.4 Å². The average Bonchev–Trinajstić information content (AvgIpc) is 4.14. The summed E-state index contributed by atoms with van der Waals surface area (Å²) in [5, 5.41) is 21.6. The molecule has 2 amide bonds. The fourth-order valence-corrected chi connectivity index (χ4v) is 12.8. The molecule has 4 aliphatic heterocycles. The molecule has 2 saturated carbocycles. The second kappa shape index (κ2) is 21.5. The van der Waals surface area contributed by atoms with Crippen molar-refractivity contribution in [3.63, 3.8) is 0 Å². The molecule has 2 aromatic heterocycles. The first-order valence-corrected chi connectivity index (χ1v) is 27.1. The number of benzene rings is 2. The monoisotopic (exact) mass is 1080 g/mol. The summed E-state index contributed by atoms with van der Waals surface area (Å²) in [4.78, 5) is 33.3. The lowest BCUT2D eigenvalue weighted by Crippen LogP contribution is -2.60. The Morgan fingerprint density at radius 1 is 0.625 bits per heavy atom. The Hall–Kier alpha value is -4.34. The highest BCUT2D eigenvalue weighted by molar-refractivity contribution is 7.18. The molecule has 6 heterocycles. The van der Waals surface area contributed by atoms with E-state index in [2.05, 4.69) is 30.2 Å². The minimum atomic E-state index is -1.19. The Labute approximate surface area is 437 Å². The summed E-state index contributed by atoms with van der Waals surface area (Å²) < 4.78 is 64.9. The molecule has 0 unspecified atom stereocenters. The Kier molecular flexibility index (Phi) is 15.7. The number of hydrogen-bond acceptors (Lipinski definition) is 16. The van der Waals surface area contributed by atoms with E-state index in [1.165, 1.54) is 22.7 Å². The number of rotatable bonds is 14. The predicted octanol–water partition coefficient (Wildman–Crippen LogP) is 11.4. The number of halogens is 4. The predicted molar refractivity (Wildman–Crippen MR) is 273 cm³/mol. The number of hydrogen-bond donors (Lipinski definition) is 0. The lowest BCUT2D eigenvalue weighted by molar-refractivity contribution is -0.0115. The number of ether oxygens (including phenoxy) is 6. The van der Waals surface area contributed by atoms with Crippen molar-refractivity contribution in [2.45, 2.75) is 178 Å². The van der Waals surface area contributed by atoms with E-state index in [1.807, 2.05) is 53.7 Å². The minimum Gasteiger partial charge on any atom is -0.467 e. The zero-order valence-electron chi connectivity index (χ0n) is 41.9. The molecule has 16 nitrogen and oxygen atoms in total. The molecule has 6 aliphatic rings. The zero-order chi connectivity index (χ0) is 51.2. The van der Waals surface area contributed by atoms with E-state index in [-0.39, 0.29) is 49.8 Å². The van der Waals surface area contributed by atoms with Crippen molar-refractivity contribution in [2.24, 2.45) is 0 Å². The van der Waals surface area contributed by atoms with Crippen molar-refractivity contribution >= 4 is 68.3 Å². The standard InChI is InChI=1S/2C25H32ClFN4O4S/c2*1-25(2,3)35-24(32)31-16-8-10-18(31)21(27)19(12-16)30(15-6-7-15)23-29-28-22(36-23)17-9-5-14(26)11-20(17)34-13-33-4/h2*5,9,11,15-16,18-19,21H,6-8,10,12-13H2,1-4H3/t2*16-,18+,19-,21+/m10/s1. The third-order valence-corrected chi connectivity index (χ3v) is 16.1. The quantitative estimate of drug-likeness (QED) is 0.110. The maximum atomic E-state index is 16.1. The van der Waals surface area contributed by atoms with Gasteiger partial charge in [0.25, 0.3) is 0 Å². The normalized spacial score (nSPS) is 25.7. The minimum absolute atomic E-state index is 0.0409. The number of nitrogens with zero attached hydrogens (tertiary/aromatic N) is 8. The van der Waals surface area contributed by atoms with Crippen molar-refractivity contribution in [1.82, 2.24) is 30.2 Å². The molecule has 2 aromatic carbocycles. The number of methoxy groups -OCH3 is 2. The Morgan fingerprint density at radius 2 is 1.01 bits per heavy atom. The van der Waals surface area contributed by atoms with Gasteiger partial charge in [-0.3, -0.25) is 9.80 Å². The van der Waals surface area contributed by atoms with Crippen LogP contribution in [0.15, 0.2) is 36.4 Å². The Morgan fingerprint density at radius 3 is 1.36 bits per heavy atom. The summed E-state index contributed by atoms with van der Waals surface area (Å²) in [5.41, 5.74) is 0.283. The molecule has 4 saturated heterocycles. The van der Waals surface area contributed by atoms with Gasteiger partial charge in [-0.15, -0.1) is 20.4 Å². The van der Waals surface area contributed by atoms with Crippen LogP contribution >= 0.6 is 45.9 Å². The SMILES string of the molecule is COCOc1cc(Cl)ccc1-c1nnc(N(C2CC2)[C@@H]2C[C@H]3CC[C@@H]([C@@H]2F)N3C(=O)OC(C)(C)C)s1.COCOc1cc(Cl)ccc1-c1nnc(N(C2CC2)[C@H]2C[C@@H]3CC[C@H]([C@H]2F)N3C(=O)OC(C)(C)C)s1. The second-order valence-corrected chi connectivity index (χ2v) is 24.1. The van der Waals surface area contributed by atoms with Crippen molar-refractivity contribution in [1.29, 1.82) is 0 Å². The van der Waals surface area contributed by atoms with Gasteiger partial charge in [0, 0.05) is 48.4 Å². The van der Waals surface area contributed by atoms with Gasteiger partial charge in [-0.1, -0.05) is 45.9 Å². The number of anilines is 2. The van der Waals surface area contributed by atoms with Gasteiger partial charge in [-0.05, 0) is 142 Å². The van der Waals surface area contributed by atoms with Gasteiger partial charge in [-0.2, -0.15) is 0 Å². The van der Waals surface area contributed by atoms with Crippen LogP contribution in [0, 0.1) is 0 Å². The second-order valence-electron chi connectivity index (χ2n) is 21.3. The lowest BCUT2D eigenvalue weighted by atomic mass is 9.94. The van der Waals surface area contributed by atoms with Crippen LogP contribution in [0.2, 0.25) is 10.0 Å². The number of amides is 2. The average molecular weight is 1080 g/mol. The van der Waals surface area contributed by atoms with Crippen molar-refractivity contribution < 1.29 is 46.8 Å². The van der Waals surface area contributed by atoms with Gasteiger partial charge in [-0.25, -0.2) is 18.4 Å². The van der Waals surface area contributed by atoms with Gasteiger partial charge >= 0.3 is 12.2 Å². The highest BCUT2D eigenvalue weighted by atomic mass is 35.5. The first-order valence-electron chi connectivity index (χ1n) is 24.7. The molecular weight excluding hydrogens is 1010 g/mol. The van der Waals surface area contributed by atoms with Gasteiger partial charge in [0.05, 0.1) is 35.3 Å². The molecule has 0 radical (unpaired) electrons. The molecule has 0 N–H and O–H groups in total. The molecule has 4 bridgehead atoms. The van der Waals surface area contributed by atoms with Crippen LogP contribution in [-0.4, -0.2) is 142 Å². The summed E-state index contributed by atoms with van der Waals surface area (Å²) in [6.45, 7) is 11.2. The van der Waals surface area contributed by atoms with Crippen LogP contribution in [0.4, 0.5) is 28.6 Å². The van der Waals surface area contributed by atoms with E-state index in [1.54, 1.807) is 48.3 Å². The molecule has 8 atom stereocenters. The fraction of sp³-hybridized carbons (Fsp3) is 0.640. The topological polar surface area (TPSA) is 154 Å². The molecule has 10 rings (SSSR count). The number of piperidine rings is 2. The van der Waals surface area contributed by atoms with E-state index in [0.29, 0.717) is 67.5 Å². The van der Waals surface area contributed by atoms with Crippen LogP contribution in [-0.2, 0) is 18.9 Å². The summed E-state index contributed by atoms with van der Waals surface area (Å²) in [6.07, 6.45) is 4.70. The Balaban J connectivity index is 0.000000178. The van der Waals surface area contributed by atoms with Crippen LogP contribution < -0.4 is 19.3 Å². The van der Waals surface area contributed by atoms with E-state index in [9.17, 15) is 9.59 Å². The summed E-state index contributed by atoms with van der Waals surface area (Å²) in [7, 11) is 3.10. The molecule has 392 valence electrons. The largest absolute Gasteiger partial charge is 0.467 e. The van der Waals surface area contributed by atoms with E-state index in [4.69, 9.17) is 51.6 Å². The van der Waals surface area contributed by atoms with Crippen LogP contribution in [0.25, 0.3) is 21.1 Å². The number of alkyl halides is 2. The third kappa shape index (κ3) is 11.6. The van der Waals surface area contributed by atoms with Gasteiger partial charge in [0.1, 0.15) is 35.0 Å². The highest BCUT2D eigenvalue weighted by Gasteiger charge is 2.56. The number of carbonyl (C=O) groups is 2. The first-order chi connectivity index (χ1) is 34.3. The smallest absolute Gasteiger partial charge is 0.410 e. The zero-order valence-corrected chi connectivity index (χ0v) is 45.0. The summed E-state index contributed by atoms with van der Waals surface area (Å²) in [6, 6.07) is 9.38. The molecular formula is C50H64Cl2F2N8O8S2. The fourth-order valence-electron chi connectivity index (χ4n) is 10.5. The first kappa shape index (κ1) is 52.5. The third-order valence-electron chi connectivity index (χ3n) is 13.7. The van der Waals surface area contributed by atoms with E-state index in [0.717, 1.165) is 49.7 Å². The molecule has 6 fully saturated rings. The maximum absolute atomic E-state index is 16.1. The molecule has 4 aromatic rings. The summed E-state index contributed by atoms with van der Waals surface area (Å²) >= 11 is 15.2. The van der Waals surface area contributed by atoms with E-state index < -0.39 is 47.8 Å². The van der Waals surface area contributed by atoms with Crippen LogP contribution in [0.5, 0.6) is 11.5 Å². The number of fused-ring (bicyclic) bond motifs is 4. The molecule has 2 aliphatic carbocycles. The summed E-state index contributed by atoms with van der Waals surface area (Å²) in [5.74, 6) is 1.11. The van der Waals surface area contributed by atoms with Crippen LogP contribution in [0.3, 0.4) is 0 Å². The maximum Gasteiger partial charge on any atom is 0.410 e. The number of carbonyl (C=O) groups excluding carboxylic acids is 2. The van der Waals surface area contributed by atoms with Gasteiger partial charge < -0.3 is 38.2 Å². The molecule has 0 spiro atoms.